The second-order valence-corrected chi connectivity index (χ2v) is 6.93. The lowest BCUT2D eigenvalue weighted by Gasteiger charge is -2.09. The van der Waals surface area contributed by atoms with Gasteiger partial charge >= 0.3 is 0 Å². The van der Waals surface area contributed by atoms with Crippen LogP contribution in [-0.2, 0) is 5.75 Å². The van der Waals surface area contributed by atoms with Gasteiger partial charge in [0.15, 0.2) is 0 Å². The van der Waals surface area contributed by atoms with Crippen LogP contribution in [0.1, 0.15) is 33.7 Å². The van der Waals surface area contributed by atoms with Crippen LogP contribution in [0.15, 0.2) is 35.5 Å². The van der Waals surface area contributed by atoms with Crippen molar-refractivity contribution in [3.05, 3.63) is 52.8 Å². The summed E-state index contributed by atoms with van der Waals surface area (Å²) in [4.78, 5) is 21.2. The van der Waals surface area contributed by atoms with E-state index in [2.05, 4.69) is 20.4 Å². The van der Waals surface area contributed by atoms with E-state index in [9.17, 15) is 4.79 Å². The number of aromatic nitrogens is 4. The fraction of sp³-hybridized carbons (Fsp3) is 0.333. The van der Waals surface area contributed by atoms with Gasteiger partial charge in [-0.2, -0.15) is 4.98 Å². The Labute approximate surface area is 156 Å². The van der Waals surface area contributed by atoms with E-state index in [0.717, 1.165) is 23.4 Å². The average Bonchev–Trinajstić information content (AvgIpc) is 3.03. The molecule has 1 amide bonds. The number of aryl methyl sites for hydroxylation is 2. The van der Waals surface area contributed by atoms with Crippen LogP contribution < -0.4 is 11.1 Å². The number of hydrogen-bond donors (Lipinski definition) is 2. The van der Waals surface area contributed by atoms with Crippen molar-refractivity contribution >= 4 is 23.4 Å². The summed E-state index contributed by atoms with van der Waals surface area (Å²) in [5.74, 6) is 1.12. The molecule has 0 unspecified atom stereocenters. The largest absolute Gasteiger partial charge is 0.352 e. The van der Waals surface area contributed by atoms with Gasteiger partial charge in [0.25, 0.3) is 11.7 Å². The molecule has 7 nitrogen and oxygen atoms in total. The molecule has 1 aromatic carbocycles. The number of rotatable bonds is 7. The topological polar surface area (TPSA) is 98.2 Å². The zero-order valence-electron chi connectivity index (χ0n) is 14.9. The number of carbonyl (C=O) groups is 1. The van der Waals surface area contributed by atoms with E-state index in [4.69, 9.17) is 5.73 Å². The summed E-state index contributed by atoms with van der Waals surface area (Å²) in [7, 11) is 0. The van der Waals surface area contributed by atoms with Crippen LogP contribution in [0.5, 0.6) is 0 Å². The Morgan fingerprint density at radius 1 is 1.27 bits per heavy atom. The van der Waals surface area contributed by atoms with Gasteiger partial charge in [0.1, 0.15) is 0 Å². The Bertz CT molecular complexity index is 923. The normalized spacial score (nSPS) is 11.0. The molecule has 3 rings (SSSR count). The minimum atomic E-state index is -0.0780. The van der Waals surface area contributed by atoms with E-state index < -0.39 is 0 Å². The average molecular weight is 370 g/mol. The van der Waals surface area contributed by atoms with E-state index in [1.54, 1.807) is 4.52 Å². The van der Waals surface area contributed by atoms with Crippen LogP contribution in [0.25, 0.3) is 5.78 Å². The molecule has 0 atom stereocenters. The van der Waals surface area contributed by atoms with E-state index in [-0.39, 0.29) is 5.91 Å². The summed E-state index contributed by atoms with van der Waals surface area (Å²) in [6.07, 6.45) is 0.763. The van der Waals surface area contributed by atoms with E-state index in [1.807, 2.05) is 44.2 Å². The number of nitrogens with two attached hydrogens (primary N) is 1. The van der Waals surface area contributed by atoms with Crippen molar-refractivity contribution in [3.8, 4) is 0 Å². The van der Waals surface area contributed by atoms with Crippen molar-refractivity contribution in [1.29, 1.82) is 0 Å². The highest BCUT2D eigenvalue weighted by Crippen LogP contribution is 2.22. The third-order valence-corrected chi connectivity index (χ3v) is 4.77. The van der Waals surface area contributed by atoms with Gasteiger partial charge in [0.05, 0.1) is 0 Å². The molecule has 0 fully saturated rings. The first-order valence-corrected chi connectivity index (χ1v) is 9.47. The monoisotopic (exact) mass is 370 g/mol. The molecule has 0 spiro atoms. The van der Waals surface area contributed by atoms with Gasteiger partial charge in [0.2, 0.25) is 5.16 Å². The minimum Gasteiger partial charge on any atom is -0.352 e. The molecule has 0 bridgehead atoms. The number of nitrogens with one attached hydrogen (secondary N) is 1. The number of nitrogens with zero attached hydrogens (tertiary/aromatic N) is 4. The molecule has 0 aliphatic carbocycles. The van der Waals surface area contributed by atoms with Gasteiger partial charge in [-0.15, -0.1) is 5.10 Å². The van der Waals surface area contributed by atoms with Crippen LogP contribution in [0.3, 0.4) is 0 Å². The minimum absolute atomic E-state index is 0.0780. The maximum Gasteiger partial charge on any atom is 0.253 e. The molecule has 3 N–H and O–H groups in total. The molecule has 8 heteroatoms. The van der Waals surface area contributed by atoms with Crippen molar-refractivity contribution < 1.29 is 4.79 Å². The molecular weight excluding hydrogens is 348 g/mol. The van der Waals surface area contributed by atoms with Crippen LogP contribution >= 0.6 is 11.8 Å². The van der Waals surface area contributed by atoms with Crippen molar-refractivity contribution in [2.24, 2.45) is 5.73 Å². The highest BCUT2D eigenvalue weighted by molar-refractivity contribution is 7.98. The Kier molecular flexibility index (Phi) is 5.85. The lowest BCUT2D eigenvalue weighted by Crippen LogP contribution is -2.26. The summed E-state index contributed by atoms with van der Waals surface area (Å²) in [5, 5.41) is 8.04. The Balaban J connectivity index is 1.74. The van der Waals surface area contributed by atoms with Crippen LogP contribution in [0.2, 0.25) is 0 Å². The molecular formula is C18H22N6OS. The first-order chi connectivity index (χ1) is 12.6. The Morgan fingerprint density at radius 2 is 2.08 bits per heavy atom. The third kappa shape index (κ3) is 4.20. The van der Waals surface area contributed by atoms with Gasteiger partial charge in [0, 0.05) is 29.2 Å². The van der Waals surface area contributed by atoms with Gasteiger partial charge in [-0.1, -0.05) is 30.0 Å². The van der Waals surface area contributed by atoms with Gasteiger partial charge in [-0.3, -0.25) is 4.79 Å². The molecule has 2 heterocycles. The molecule has 26 heavy (non-hydrogen) atoms. The standard InChI is InChI=1S/C18H22N6OS/c1-12-10-13(2)24-17(21-12)22-18(23-24)26-11-14-6-3-4-7-15(14)16(25)20-9-5-8-19/h3-4,6-7,10H,5,8-9,11,19H2,1-2H3,(H,20,25). The van der Waals surface area contributed by atoms with Gasteiger partial charge in [-0.05, 0) is 44.5 Å². The van der Waals surface area contributed by atoms with E-state index in [0.29, 0.717) is 35.3 Å². The number of carbonyl (C=O) groups excluding carboxylic acids is 1. The number of amides is 1. The SMILES string of the molecule is Cc1cc(C)n2nc(SCc3ccccc3C(=O)NCCCN)nc2n1. The maximum atomic E-state index is 12.4. The molecule has 0 saturated heterocycles. The predicted octanol–water partition coefficient (Wildman–Crippen LogP) is 2.11. The van der Waals surface area contributed by atoms with Crippen LogP contribution in [-0.4, -0.2) is 38.6 Å². The summed E-state index contributed by atoms with van der Waals surface area (Å²) in [6.45, 7) is 5.05. The molecule has 0 radical (unpaired) electrons. The summed E-state index contributed by atoms with van der Waals surface area (Å²) in [5.41, 5.74) is 9.00. The zero-order valence-corrected chi connectivity index (χ0v) is 15.7. The molecule has 3 aromatic rings. The van der Waals surface area contributed by atoms with Gasteiger partial charge in [-0.25, -0.2) is 9.50 Å². The molecule has 0 saturated carbocycles. The number of hydrogen-bond acceptors (Lipinski definition) is 6. The Hall–Kier alpha value is -2.45. The van der Waals surface area contributed by atoms with E-state index >= 15 is 0 Å². The third-order valence-electron chi connectivity index (χ3n) is 3.88. The van der Waals surface area contributed by atoms with Crippen LogP contribution in [0, 0.1) is 13.8 Å². The smallest absolute Gasteiger partial charge is 0.253 e. The van der Waals surface area contributed by atoms with E-state index in [1.165, 1.54) is 11.8 Å². The zero-order chi connectivity index (χ0) is 18.5. The molecule has 2 aromatic heterocycles. The lowest BCUT2D eigenvalue weighted by atomic mass is 10.1. The second kappa shape index (κ2) is 8.29. The number of thioether (sulfide) groups is 1. The molecule has 0 aliphatic rings. The highest BCUT2D eigenvalue weighted by Gasteiger charge is 2.13. The number of benzene rings is 1. The fourth-order valence-corrected chi connectivity index (χ4v) is 3.44. The van der Waals surface area contributed by atoms with Crippen molar-refractivity contribution in [2.75, 3.05) is 13.1 Å². The van der Waals surface area contributed by atoms with Crippen LogP contribution in [0.4, 0.5) is 0 Å². The predicted molar refractivity (Wildman–Crippen MR) is 102 cm³/mol. The first-order valence-electron chi connectivity index (χ1n) is 8.48. The highest BCUT2D eigenvalue weighted by atomic mass is 32.2. The van der Waals surface area contributed by atoms with Crippen molar-refractivity contribution in [3.63, 3.8) is 0 Å². The maximum absolute atomic E-state index is 12.4. The summed E-state index contributed by atoms with van der Waals surface area (Å²) >= 11 is 1.49. The number of fused-ring (bicyclic) bond motifs is 1. The quantitative estimate of drug-likeness (QED) is 0.488. The van der Waals surface area contributed by atoms with Gasteiger partial charge < -0.3 is 11.1 Å². The molecule has 0 aliphatic heterocycles. The van der Waals surface area contributed by atoms with Crippen molar-refractivity contribution in [1.82, 2.24) is 24.9 Å². The first kappa shape index (κ1) is 18.3. The summed E-state index contributed by atoms with van der Waals surface area (Å²) in [6, 6.07) is 9.55. The Morgan fingerprint density at radius 3 is 2.88 bits per heavy atom. The lowest BCUT2D eigenvalue weighted by molar-refractivity contribution is 0.0953. The summed E-state index contributed by atoms with van der Waals surface area (Å²) < 4.78 is 1.74. The van der Waals surface area contributed by atoms with Crippen molar-refractivity contribution in [2.45, 2.75) is 31.2 Å². The second-order valence-electron chi connectivity index (χ2n) is 5.99. The fourth-order valence-electron chi connectivity index (χ4n) is 2.62. The molecule has 136 valence electrons.